The Bertz CT molecular complexity index is 323. The van der Waals surface area contributed by atoms with Crippen LogP contribution in [0.25, 0.3) is 0 Å². The van der Waals surface area contributed by atoms with E-state index in [2.05, 4.69) is 35.3 Å². The van der Waals surface area contributed by atoms with Gasteiger partial charge in [0.1, 0.15) is 0 Å². The normalized spacial score (nSPS) is 14.8. The van der Waals surface area contributed by atoms with Gasteiger partial charge in [-0.05, 0) is 31.2 Å². The third kappa shape index (κ3) is 5.61. The molecule has 1 aromatic heterocycles. The molecule has 1 rings (SSSR count). The predicted octanol–water partition coefficient (Wildman–Crippen LogP) is 2.10. The molecular formula is C13H24N2OS. The molecule has 0 saturated heterocycles. The van der Waals surface area contributed by atoms with Crippen LogP contribution in [0.1, 0.15) is 25.8 Å². The van der Waals surface area contributed by atoms with E-state index in [1.165, 1.54) is 5.56 Å². The first-order valence-corrected chi connectivity index (χ1v) is 7.53. The first-order chi connectivity index (χ1) is 8.07. The van der Waals surface area contributed by atoms with Gasteiger partial charge >= 0.3 is 0 Å². The van der Waals surface area contributed by atoms with Crippen LogP contribution < -0.4 is 5.32 Å². The van der Waals surface area contributed by atoms with Crippen LogP contribution in [0.15, 0.2) is 18.5 Å². The van der Waals surface area contributed by atoms with Crippen molar-refractivity contribution in [2.75, 3.05) is 18.6 Å². The summed E-state index contributed by atoms with van der Waals surface area (Å²) in [7, 11) is 0. The maximum Gasteiger partial charge on any atom is 0.0833 e. The number of aryl methyl sites for hydroxylation is 1. The number of nitrogens with zero attached hydrogens (tertiary/aromatic N) is 1. The molecule has 1 aromatic rings. The zero-order chi connectivity index (χ0) is 12.7. The van der Waals surface area contributed by atoms with E-state index < -0.39 is 5.60 Å². The summed E-state index contributed by atoms with van der Waals surface area (Å²) in [4.78, 5) is 0. The molecule has 0 aromatic carbocycles. The molecule has 0 aliphatic carbocycles. The van der Waals surface area contributed by atoms with E-state index in [1.54, 1.807) is 11.8 Å². The van der Waals surface area contributed by atoms with Crippen molar-refractivity contribution in [3.8, 4) is 0 Å². The molecule has 1 heterocycles. The van der Waals surface area contributed by atoms with Gasteiger partial charge < -0.3 is 15.0 Å². The van der Waals surface area contributed by atoms with Crippen LogP contribution in [0.2, 0.25) is 0 Å². The van der Waals surface area contributed by atoms with Crippen LogP contribution in [0, 0.1) is 0 Å². The first-order valence-electron chi connectivity index (χ1n) is 6.14. The van der Waals surface area contributed by atoms with Gasteiger partial charge in [-0.3, -0.25) is 0 Å². The second kappa shape index (κ2) is 7.09. The molecular weight excluding hydrogens is 232 g/mol. The van der Waals surface area contributed by atoms with Gasteiger partial charge in [0.05, 0.1) is 5.60 Å². The Morgan fingerprint density at radius 2 is 2.29 bits per heavy atom. The summed E-state index contributed by atoms with van der Waals surface area (Å²) in [6.07, 6.45) is 7.45. The SMILES string of the molecule is CCCn1ccc(CNCC(C)(O)CSC)c1. The first kappa shape index (κ1) is 14.6. The van der Waals surface area contributed by atoms with Crippen LogP contribution >= 0.6 is 11.8 Å². The van der Waals surface area contributed by atoms with Gasteiger partial charge in [0.25, 0.3) is 0 Å². The van der Waals surface area contributed by atoms with Crippen molar-refractivity contribution >= 4 is 11.8 Å². The minimum absolute atomic E-state index is 0.620. The Labute approximate surface area is 109 Å². The minimum Gasteiger partial charge on any atom is -0.388 e. The predicted molar refractivity (Wildman–Crippen MR) is 75.4 cm³/mol. The minimum atomic E-state index is -0.620. The van der Waals surface area contributed by atoms with Crippen LogP contribution in [0.4, 0.5) is 0 Å². The van der Waals surface area contributed by atoms with E-state index in [4.69, 9.17) is 0 Å². The van der Waals surface area contributed by atoms with Crippen molar-refractivity contribution in [1.82, 2.24) is 9.88 Å². The summed E-state index contributed by atoms with van der Waals surface area (Å²) in [6, 6.07) is 2.13. The van der Waals surface area contributed by atoms with Crippen molar-refractivity contribution in [1.29, 1.82) is 0 Å². The lowest BCUT2D eigenvalue weighted by molar-refractivity contribution is 0.0846. The molecule has 2 N–H and O–H groups in total. The van der Waals surface area contributed by atoms with E-state index in [9.17, 15) is 5.11 Å². The van der Waals surface area contributed by atoms with Gasteiger partial charge in [0.15, 0.2) is 0 Å². The topological polar surface area (TPSA) is 37.2 Å². The lowest BCUT2D eigenvalue weighted by atomic mass is 10.1. The highest BCUT2D eigenvalue weighted by Gasteiger charge is 2.18. The second-order valence-corrected chi connectivity index (χ2v) is 5.66. The molecule has 4 heteroatoms. The van der Waals surface area contributed by atoms with E-state index in [1.807, 2.05) is 13.2 Å². The molecule has 1 unspecified atom stereocenters. The highest BCUT2D eigenvalue weighted by atomic mass is 32.2. The average molecular weight is 256 g/mol. The standard InChI is InChI=1S/C13H24N2OS/c1-4-6-15-7-5-12(9-15)8-14-10-13(2,16)11-17-3/h5,7,9,14,16H,4,6,8,10-11H2,1-3H3. The molecule has 17 heavy (non-hydrogen) atoms. The summed E-state index contributed by atoms with van der Waals surface area (Å²) in [6.45, 7) is 6.58. The largest absolute Gasteiger partial charge is 0.388 e. The van der Waals surface area contributed by atoms with Crippen molar-refractivity contribution in [2.45, 2.75) is 39.0 Å². The van der Waals surface area contributed by atoms with Crippen LogP contribution in [-0.4, -0.2) is 33.8 Å². The second-order valence-electron chi connectivity index (χ2n) is 4.79. The molecule has 0 aliphatic rings. The Kier molecular flexibility index (Phi) is 6.09. The van der Waals surface area contributed by atoms with Gasteiger partial charge in [0.2, 0.25) is 0 Å². The summed E-state index contributed by atoms with van der Waals surface area (Å²) < 4.78 is 2.21. The van der Waals surface area contributed by atoms with Crippen molar-refractivity contribution in [2.24, 2.45) is 0 Å². The molecule has 0 amide bonds. The van der Waals surface area contributed by atoms with Gasteiger partial charge in [-0.1, -0.05) is 6.92 Å². The van der Waals surface area contributed by atoms with Crippen LogP contribution in [0.5, 0.6) is 0 Å². The Balaban J connectivity index is 2.30. The summed E-state index contributed by atoms with van der Waals surface area (Å²) in [5, 5.41) is 13.3. The highest BCUT2D eigenvalue weighted by Crippen LogP contribution is 2.09. The highest BCUT2D eigenvalue weighted by molar-refractivity contribution is 7.98. The van der Waals surface area contributed by atoms with Crippen molar-refractivity contribution < 1.29 is 5.11 Å². The monoisotopic (exact) mass is 256 g/mol. The molecule has 0 bridgehead atoms. The maximum atomic E-state index is 9.99. The molecule has 0 radical (unpaired) electrons. The molecule has 0 saturated carbocycles. The Morgan fingerprint density at radius 1 is 1.53 bits per heavy atom. The quantitative estimate of drug-likeness (QED) is 0.748. The van der Waals surface area contributed by atoms with E-state index >= 15 is 0 Å². The molecule has 98 valence electrons. The van der Waals surface area contributed by atoms with Crippen molar-refractivity contribution in [3.63, 3.8) is 0 Å². The van der Waals surface area contributed by atoms with Gasteiger partial charge in [0, 0.05) is 37.8 Å². The number of aliphatic hydroxyl groups is 1. The van der Waals surface area contributed by atoms with Crippen LogP contribution in [0.3, 0.4) is 0 Å². The van der Waals surface area contributed by atoms with Gasteiger partial charge in [-0.25, -0.2) is 0 Å². The van der Waals surface area contributed by atoms with Gasteiger partial charge in [-0.2, -0.15) is 11.8 Å². The zero-order valence-electron chi connectivity index (χ0n) is 11.1. The summed E-state index contributed by atoms with van der Waals surface area (Å²) in [5.74, 6) is 0.761. The maximum absolute atomic E-state index is 9.99. The Morgan fingerprint density at radius 3 is 2.94 bits per heavy atom. The fraction of sp³-hybridized carbons (Fsp3) is 0.692. The fourth-order valence-corrected chi connectivity index (χ4v) is 2.55. The molecule has 1 atom stereocenters. The van der Waals surface area contributed by atoms with E-state index in [-0.39, 0.29) is 0 Å². The zero-order valence-corrected chi connectivity index (χ0v) is 11.9. The number of rotatable bonds is 8. The number of thioether (sulfide) groups is 1. The lowest BCUT2D eigenvalue weighted by Gasteiger charge is -2.22. The molecule has 0 aliphatic heterocycles. The molecule has 3 nitrogen and oxygen atoms in total. The van der Waals surface area contributed by atoms with Crippen LogP contribution in [-0.2, 0) is 13.1 Å². The third-order valence-corrected chi connectivity index (χ3v) is 3.49. The third-order valence-electron chi connectivity index (χ3n) is 2.58. The van der Waals surface area contributed by atoms with E-state index in [0.29, 0.717) is 6.54 Å². The number of hydrogen-bond acceptors (Lipinski definition) is 3. The Hall–Kier alpha value is -0.450. The van der Waals surface area contributed by atoms with E-state index in [0.717, 1.165) is 25.3 Å². The molecule has 0 fully saturated rings. The van der Waals surface area contributed by atoms with Gasteiger partial charge in [-0.15, -0.1) is 0 Å². The number of nitrogens with one attached hydrogen (secondary N) is 1. The summed E-state index contributed by atoms with van der Waals surface area (Å²) in [5.41, 5.74) is 0.657. The fourth-order valence-electron chi connectivity index (χ4n) is 1.83. The average Bonchev–Trinajstić information content (AvgIpc) is 2.66. The lowest BCUT2D eigenvalue weighted by Crippen LogP contribution is -2.39. The summed E-state index contributed by atoms with van der Waals surface area (Å²) >= 11 is 1.67. The number of aromatic nitrogens is 1. The van der Waals surface area contributed by atoms with Crippen molar-refractivity contribution in [3.05, 3.63) is 24.0 Å². The number of hydrogen-bond donors (Lipinski definition) is 2. The molecule has 0 spiro atoms. The smallest absolute Gasteiger partial charge is 0.0833 e.